The molecule has 0 unspecified atom stereocenters. The first-order chi connectivity index (χ1) is 9.70. The molecule has 100 valence electrons. The second kappa shape index (κ2) is 6.50. The lowest BCUT2D eigenvalue weighted by Gasteiger charge is -2.07. The van der Waals surface area contributed by atoms with Gasteiger partial charge in [-0.15, -0.1) is 0 Å². The minimum atomic E-state index is -0.393. The summed E-state index contributed by atoms with van der Waals surface area (Å²) in [5.41, 5.74) is 1.51. The number of carbonyl (C=O) groups excluding carboxylic acids is 1. The van der Waals surface area contributed by atoms with E-state index in [0.29, 0.717) is 16.8 Å². The van der Waals surface area contributed by atoms with Crippen molar-refractivity contribution in [1.29, 1.82) is 0 Å². The summed E-state index contributed by atoms with van der Waals surface area (Å²) in [6.45, 7) is -0.250. The summed E-state index contributed by atoms with van der Waals surface area (Å²) in [7, 11) is 0. The van der Waals surface area contributed by atoms with Gasteiger partial charge in [-0.1, -0.05) is 24.0 Å². The van der Waals surface area contributed by atoms with Crippen molar-refractivity contribution < 1.29 is 14.3 Å². The molecular formula is C16H12FNO2. The Morgan fingerprint density at radius 1 is 1.15 bits per heavy atom. The van der Waals surface area contributed by atoms with E-state index in [4.69, 9.17) is 5.11 Å². The van der Waals surface area contributed by atoms with Gasteiger partial charge in [0.1, 0.15) is 12.4 Å². The zero-order chi connectivity index (χ0) is 14.4. The molecular weight excluding hydrogens is 257 g/mol. The van der Waals surface area contributed by atoms with E-state index >= 15 is 0 Å². The van der Waals surface area contributed by atoms with Crippen LogP contribution in [0.5, 0.6) is 0 Å². The standard InChI is InChI=1S/C16H12FNO2/c17-14-9-7-13(8-10-14)16(20)18-15-6-2-1-4-12(15)5-3-11-19/h1-2,4,6-10,19H,11H2,(H,18,20). The number of anilines is 1. The average Bonchev–Trinajstić information content (AvgIpc) is 2.47. The van der Waals surface area contributed by atoms with Crippen LogP contribution in [0, 0.1) is 17.7 Å². The maximum atomic E-state index is 12.8. The molecule has 0 aliphatic rings. The molecule has 0 aliphatic heterocycles. The third-order valence-electron chi connectivity index (χ3n) is 2.58. The van der Waals surface area contributed by atoms with Gasteiger partial charge in [-0.25, -0.2) is 4.39 Å². The van der Waals surface area contributed by atoms with Gasteiger partial charge in [-0.3, -0.25) is 4.79 Å². The number of aliphatic hydroxyl groups excluding tert-OH is 1. The normalized spacial score (nSPS) is 9.50. The molecule has 0 radical (unpaired) electrons. The molecule has 0 saturated carbocycles. The second-order valence-electron chi connectivity index (χ2n) is 3.97. The molecule has 20 heavy (non-hydrogen) atoms. The highest BCUT2D eigenvalue weighted by Crippen LogP contribution is 2.15. The lowest BCUT2D eigenvalue weighted by molar-refractivity contribution is 0.102. The van der Waals surface area contributed by atoms with E-state index in [1.54, 1.807) is 24.3 Å². The zero-order valence-corrected chi connectivity index (χ0v) is 10.6. The summed E-state index contributed by atoms with van der Waals surface area (Å²) >= 11 is 0. The van der Waals surface area contributed by atoms with Gasteiger partial charge in [-0.05, 0) is 36.4 Å². The molecule has 0 aliphatic carbocycles. The summed E-state index contributed by atoms with van der Waals surface area (Å²) in [5, 5.41) is 11.4. The Morgan fingerprint density at radius 3 is 2.55 bits per heavy atom. The highest BCUT2D eigenvalue weighted by Gasteiger charge is 2.08. The van der Waals surface area contributed by atoms with Crippen LogP contribution in [0.1, 0.15) is 15.9 Å². The van der Waals surface area contributed by atoms with E-state index < -0.39 is 5.82 Å². The number of para-hydroxylation sites is 1. The van der Waals surface area contributed by atoms with Crippen molar-refractivity contribution in [2.45, 2.75) is 0 Å². The third kappa shape index (κ3) is 3.44. The Balaban J connectivity index is 2.21. The predicted octanol–water partition coefficient (Wildman–Crippen LogP) is 2.42. The zero-order valence-electron chi connectivity index (χ0n) is 10.6. The Hall–Kier alpha value is -2.64. The molecule has 2 aromatic carbocycles. The summed E-state index contributed by atoms with van der Waals surface area (Å²) in [6.07, 6.45) is 0. The number of hydrogen-bond donors (Lipinski definition) is 2. The first-order valence-electron chi connectivity index (χ1n) is 5.96. The third-order valence-corrected chi connectivity index (χ3v) is 2.58. The number of amides is 1. The molecule has 2 aromatic rings. The Kier molecular flexibility index (Phi) is 4.48. The van der Waals surface area contributed by atoms with Crippen LogP contribution < -0.4 is 5.32 Å². The van der Waals surface area contributed by atoms with Crippen LogP contribution in [0.4, 0.5) is 10.1 Å². The lowest BCUT2D eigenvalue weighted by Crippen LogP contribution is -2.12. The summed E-state index contributed by atoms with van der Waals surface area (Å²) in [4.78, 5) is 12.0. The predicted molar refractivity (Wildman–Crippen MR) is 74.8 cm³/mol. The molecule has 2 N–H and O–H groups in total. The number of rotatable bonds is 2. The largest absolute Gasteiger partial charge is 0.384 e. The number of nitrogens with one attached hydrogen (secondary N) is 1. The summed E-state index contributed by atoms with van der Waals surface area (Å²) in [5.74, 6) is 4.55. The van der Waals surface area contributed by atoms with Crippen molar-refractivity contribution in [3.05, 3.63) is 65.5 Å². The Morgan fingerprint density at radius 2 is 1.85 bits per heavy atom. The number of carbonyl (C=O) groups is 1. The Bertz CT molecular complexity index is 669. The first kappa shape index (κ1) is 13.8. The van der Waals surface area contributed by atoms with Gasteiger partial charge >= 0.3 is 0 Å². The number of halogens is 1. The second-order valence-corrected chi connectivity index (χ2v) is 3.97. The fourth-order valence-electron chi connectivity index (χ4n) is 1.63. The molecule has 3 nitrogen and oxygen atoms in total. The van der Waals surface area contributed by atoms with Crippen LogP contribution in [-0.4, -0.2) is 17.6 Å². The molecule has 4 heteroatoms. The molecule has 0 fully saturated rings. The van der Waals surface area contributed by atoms with E-state index in [-0.39, 0.29) is 12.5 Å². The van der Waals surface area contributed by atoms with Crippen molar-refractivity contribution >= 4 is 11.6 Å². The van der Waals surface area contributed by atoms with Crippen LogP contribution in [0.15, 0.2) is 48.5 Å². The molecule has 0 atom stereocenters. The number of benzene rings is 2. The maximum absolute atomic E-state index is 12.8. The smallest absolute Gasteiger partial charge is 0.255 e. The van der Waals surface area contributed by atoms with Gasteiger partial charge in [0.15, 0.2) is 0 Å². The van der Waals surface area contributed by atoms with Gasteiger partial charge in [0.25, 0.3) is 5.91 Å². The van der Waals surface area contributed by atoms with Gasteiger partial charge in [0, 0.05) is 11.1 Å². The average molecular weight is 269 g/mol. The SMILES string of the molecule is O=C(Nc1ccccc1C#CCO)c1ccc(F)cc1. The fraction of sp³-hybridized carbons (Fsp3) is 0.0625. The molecule has 0 saturated heterocycles. The number of hydrogen-bond acceptors (Lipinski definition) is 2. The molecule has 0 bridgehead atoms. The van der Waals surface area contributed by atoms with Crippen LogP contribution in [0.3, 0.4) is 0 Å². The van der Waals surface area contributed by atoms with Crippen molar-refractivity contribution in [3.63, 3.8) is 0 Å². The van der Waals surface area contributed by atoms with E-state index in [1.807, 2.05) is 0 Å². The lowest BCUT2D eigenvalue weighted by atomic mass is 10.1. The minimum absolute atomic E-state index is 0.250. The fourth-order valence-corrected chi connectivity index (χ4v) is 1.63. The highest BCUT2D eigenvalue weighted by atomic mass is 19.1. The first-order valence-corrected chi connectivity index (χ1v) is 5.96. The van der Waals surface area contributed by atoms with Crippen molar-refractivity contribution in [1.82, 2.24) is 0 Å². The van der Waals surface area contributed by atoms with Gasteiger partial charge in [-0.2, -0.15) is 0 Å². The van der Waals surface area contributed by atoms with E-state index in [1.165, 1.54) is 24.3 Å². The van der Waals surface area contributed by atoms with Gasteiger partial charge < -0.3 is 10.4 Å². The van der Waals surface area contributed by atoms with Crippen molar-refractivity contribution in [2.24, 2.45) is 0 Å². The quantitative estimate of drug-likeness (QED) is 0.823. The van der Waals surface area contributed by atoms with E-state index in [0.717, 1.165) is 0 Å². The van der Waals surface area contributed by atoms with Crippen LogP contribution in [0.2, 0.25) is 0 Å². The van der Waals surface area contributed by atoms with E-state index in [2.05, 4.69) is 17.2 Å². The van der Waals surface area contributed by atoms with Crippen LogP contribution in [-0.2, 0) is 0 Å². The van der Waals surface area contributed by atoms with Crippen molar-refractivity contribution in [2.75, 3.05) is 11.9 Å². The Labute approximate surface area is 116 Å². The number of aliphatic hydroxyl groups is 1. The van der Waals surface area contributed by atoms with Crippen LogP contribution >= 0.6 is 0 Å². The summed E-state index contributed by atoms with van der Waals surface area (Å²) in [6, 6.07) is 12.3. The molecule has 1 amide bonds. The van der Waals surface area contributed by atoms with Gasteiger partial charge in [0.05, 0.1) is 5.69 Å². The summed E-state index contributed by atoms with van der Waals surface area (Å²) < 4.78 is 12.8. The molecule has 2 rings (SSSR count). The monoisotopic (exact) mass is 269 g/mol. The van der Waals surface area contributed by atoms with Crippen molar-refractivity contribution in [3.8, 4) is 11.8 Å². The molecule has 0 spiro atoms. The highest BCUT2D eigenvalue weighted by molar-refractivity contribution is 6.04. The van der Waals surface area contributed by atoms with E-state index in [9.17, 15) is 9.18 Å². The maximum Gasteiger partial charge on any atom is 0.255 e. The van der Waals surface area contributed by atoms with Crippen LogP contribution in [0.25, 0.3) is 0 Å². The van der Waals surface area contributed by atoms with Gasteiger partial charge in [0.2, 0.25) is 0 Å². The molecule has 0 heterocycles. The topological polar surface area (TPSA) is 49.3 Å². The molecule has 0 aromatic heterocycles. The minimum Gasteiger partial charge on any atom is -0.384 e.